The van der Waals surface area contributed by atoms with Gasteiger partial charge in [-0.1, -0.05) is 12.2 Å². The Bertz CT molecular complexity index is 158. The first kappa shape index (κ1) is 6.68. The van der Waals surface area contributed by atoms with E-state index in [1.54, 1.807) is 0 Å². The molecule has 2 nitrogen and oxygen atoms in total. The van der Waals surface area contributed by atoms with Crippen molar-refractivity contribution in [2.75, 3.05) is 0 Å². The molecule has 0 spiro atoms. The molecule has 1 saturated carbocycles. The number of hydrogen-bond donors (Lipinski definition) is 1. The van der Waals surface area contributed by atoms with Crippen LogP contribution in [0.2, 0.25) is 0 Å². The highest BCUT2D eigenvalue weighted by Gasteiger charge is 2.28. The second-order valence-corrected chi connectivity index (χ2v) is 2.96. The van der Waals surface area contributed by atoms with Gasteiger partial charge in [-0.3, -0.25) is 0 Å². The summed E-state index contributed by atoms with van der Waals surface area (Å²) in [6, 6.07) is 0. The van der Waals surface area contributed by atoms with Crippen molar-refractivity contribution in [2.24, 2.45) is 16.9 Å². The van der Waals surface area contributed by atoms with E-state index in [1.807, 2.05) is 6.92 Å². The predicted molar refractivity (Wildman–Crippen MR) is 42.6 cm³/mol. The van der Waals surface area contributed by atoms with Crippen molar-refractivity contribution in [1.82, 2.24) is 0 Å². The molecule has 0 atom stereocenters. The Morgan fingerprint density at radius 3 is 2.33 bits per heavy atom. The molecule has 50 valence electrons. The molecule has 1 fully saturated rings. The van der Waals surface area contributed by atoms with E-state index in [9.17, 15) is 0 Å². The van der Waals surface area contributed by atoms with Gasteiger partial charge < -0.3 is 5.84 Å². The summed E-state index contributed by atoms with van der Waals surface area (Å²) in [7, 11) is 0. The van der Waals surface area contributed by atoms with Crippen LogP contribution in [0.5, 0.6) is 0 Å². The van der Waals surface area contributed by atoms with Gasteiger partial charge in [0.1, 0.15) is 0 Å². The van der Waals surface area contributed by atoms with Crippen LogP contribution in [-0.4, -0.2) is 10.6 Å². The van der Waals surface area contributed by atoms with Gasteiger partial charge in [0.2, 0.25) is 0 Å². The molecule has 0 aliphatic heterocycles. The molecule has 1 rings (SSSR count). The Morgan fingerprint density at radius 2 is 2.22 bits per heavy atom. The van der Waals surface area contributed by atoms with E-state index in [4.69, 9.17) is 18.1 Å². The van der Waals surface area contributed by atoms with Gasteiger partial charge in [0.25, 0.3) is 0 Å². The van der Waals surface area contributed by atoms with E-state index in [0.717, 1.165) is 10.6 Å². The summed E-state index contributed by atoms with van der Waals surface area (Å²) in [5.41, 5.74) is 0.935. The van der Waals surface area contributed by atoms with Gasteiger partial charge in [0.15, 0.2) is 0 Å². The molecule has 0 amide bonds. The third-order valence-electron chi connectivity index (χ3n) is 1.46. The van der Waals surface area contributed by atoms with Gasteiger partial charge in [-0.15, -0.1) is 0 Å². The van der Waals surface area contributed by atoms with Crippen molar-refractivity contribution in [3.8, 4) is 0 Å². The fourth-order valence-corrected chi connectivity index (χ4v) is 1.06. The molecule has 2 N–H and O–H groups in total. The zero-order valence-electron chi connectivity index (χ0n) is 5.42. The Morgan fingerprint density at radius 1 is 1.67 bits per heavy atom. The number of thiocarbonyl (C=S) groups is 1. The molecule has 0 aromatic heterocycles. The van der Waals surface area contributed by atoms with Crippen LogP contribution >= 0.6 is 12.2 Å². The van der Waals surface area contributed by atoms with Crippen molar-refractivity contribution >= 4 is 22.8 Å². The highest BCUT2D eigenvalue weighted by atomic mass is 32.1. The minimum atomic E-state index is 0.590. The summed E-state index contributed by atoms with van der Waals surface area (Å²) >= 11 is 4.92. The minimum Gasteiger partial charge on any atom is -0.323 e. The van der Waals surface area contributed by atoms with Crippen LogP contribution in [0.15, 0.2) is 5.10 Å². The zero-order valence-corrected chi connectivity index (χ0v) is 6.24. The Balaban J connectivity index is 2.59. The molecule has 0 heterocycles. The van der Waals surface area contributed by atoms with Gasteiger partial charge in [-0.2, -0.15) is 5.10 Å². The highest BCUT2D eigenvalue weighted by molar-refractivity contribution is 7.82. The molecule has 1 aliphatic carbocycles. The van der Waals surface area contributed by atoms with E-state index >= 15 is 0 Å². The summed E-state index contributed by atoms with van der Waals surface area (Å²) in [5.74, 6) is 5.71. The van der Waals surface area contributed by atoms with Gasteiger partial charge in [0, 0.05) is 10.8 Å². The molecular formula is C6H10N2S. The first-order valence-corrected chi connectivity index (χ1v) is 3.45. The monoisotopic (exact) mass is 142 g/mol. The highest BCUT2D eigenvalue weighted by Crippen LogP contribution is 2.30. The first-order chi connectivity index (χ1) is 4.25. The fraction of sp³-hybridized carbons (Fsp3) is 0.667. The second kappa shape index (κ2) is 2.43. The molecule has 0 unspecified atom stereocenters. The standard InChI is InChI=1S/C6H10N2S/c1-4(9)6(8-7)5-2-3-5/h5H,2-3,7H2,1H3/b8-6+. The van der Waals surface area contributed by atoms with Gasteiger partial charge >= 0.3 is 0 Å². The van der Waals surface area contributed by atoms with Gasteiger partial charge in [0.05, 0.1) is 5.71 Å². The lowest BCUT2D eigenvalue weighted by molar-refractivity contribution is 1.14. The number of hydrazone groups is 1. The maximum Gasteiger partial charge on any atom is 0.0767 e. The van der Waals surface area contributed by atoms with E-state index in [0.29, 0.717) is 5.92 Å². The third kappa shape index (κ3) is 1.48. The molecular weight excluding hydrogens is 132 g/mol. The number of nitrogens with zero attached hydrogens (tertiary/aromatic N) is 1. The van der Waals surface area contributed by atoms with Crippen LogP contribution in [0.3, 0.4) is 0 Å². The average molecular weight is 142 g/mol. The van der Waals surface area contributed by atoms with E-state index < -0.39 is 0 Å². The summed E-state index contributed by atoms with van der Waals surface area (Å²) in [4.78, 5) is 0.847. The Kier molecular flexibility index (Phi) is 1.81. The van der Waals surface area contributed by atoms with Crippen molar-refractivity contribution in [3.63, 3.8) is 0 Å². The van der Waals surface area contributed by atoms with E-state index in [1.165, 1.54) is 12.8 Å². The normalized spacial score (nSPS) is 19.9. The maximum atomic E-state index is 5.12. The van der Waals surface area contributed by atoms with Crippen LogP contribution in [0.4, 0.5) is 0 Å². The van der Waals surface area contributed by atoms with E-state index in [-0.39, 0.29) is 0 Å². The Hall–Kier alpha value is -0.440. The predicted octanol–water partition coefficient (Wildman–Crippen LogP) is 1.10. The van der Waals surface area contributed by atoms with Crippen molar-refractivity contribution in [3.05, 3.63) is 0 Å². The quantitative estimate of drug-likeness (QED) is 0.271. The molecule has 9 heavy (non-hydrogen) atoms. The molecule has 0 bridgehead atoms. The van der Waals surface area contributed by atoms with Gasteiger partial charge in [-0.25, -0.2) is 0 Å². The summed E-state index contributed by atoms with van der Waals surface area (Å²) in [5, 5.41) is 3.62. The molecule has 1 aliphatic rings. The van der Waals surface area contributed by atoms with Gasteiger partial charge in [-0.05, 0) is 19.8 Å². The Labute approximate surface area is 60.1 Å². The number of rotatable bonds is 2. The van der Waals surface area contributed by atoms with Crippen molar-refractivity contribution < 1.29 is 0 Å². The maximum absolute atomic E-state index is 5.12. The van der Waals surface area contributed by atoms with Crippen molar-refractivity contribution in [1.29, 1.82) is 0 Å². The lowest BCUT2D eigenvalue weighted by Gasteiger charge is -1.96. The van der Waals surface area contributed by atoms with Crippen LogP contribution in [-0.2, 0) is 0 Å². The summed E-state index contributed by atoms with van der Waals surface area (Å²) in [6.07, 6.45) is 2.42. The molecule has 0 aromatic rings. The topological polar surface area (TPSA) is 38.4 Å². The third-order valence-corrected chi connectivity index (χ3v) is 1.67. The van der Waals surface area contributed by atoms with E-state index in [2.05, 4.69) is 5.10 Å². The first-order valence-electron chi connectivity index (χ1n) is 3.04. The molecule has 3 heteroatoms. The lowest BCUT2D eigenvalue weighted by atomic mass is 10.2. The smallest absolute Gasteiger partial charge is 0.0767 e. The zero-order chi connectivity index (χ0) is 6.85. The molecule has 0 radical (unpaired) electrons. The fourth-order valence-electron chi connectivity index (χ4n) is 0.841. The average Bonchev–Trinajstić information content (AvgIpc) is 2.50. The largest absolute Gasteiger partial charge is 0.323 e. The van der Waals surface area contributed by atoms with Crippen LogP contribution < -0.4 is 5.84 Å². The van der Waals surface area contributed by atoms with Crippen LogP contribution in [0.25, 0.3) is 0 Å². The SMILES string of the molecule is CC(=S)/C(=N\N)C1CC1. The minimum absolute atomic E-state index is 0.590. The van der Waals surface area contributed by atoms with Crippen molar-refractivity contribution in [2.45, 2.75) is 19.8 Å². The molecule has 0 saturated heterocycles. The molecule has 0 aromatic carbocycles. The number of hydrogen-bond acceptors (Lipinski definition) is 3. The van der Waals surface area contributed by atoms with Crippen LogP contribution in [0, 0.1) is 5.92 Å². The lowest BCUT2D eigenvalue weighted by Crippen LogP contribution is -2.12. The number of nitrogens with two attached hydrogens (primary N) is 1. The summed E-state index contributed by atoms with van der Waals surface area (Å²) in [6.45, 7) is 1.87. The summed E-state index contributed by atoms with van der Waals surface area (Å²) < 4.78 is 0. The van der Waals surface area contributed by atoms with Crippen LogP contribution in [0.1, 0.15) is 19.8 Å². The second-order valence-electron chi connectivity index (χ2n) is 2.34.